The van der Waals surface area contributed by atoms with Crippen molar-refractivity contribution in [2.24, 2.45) is 0 Å². The van der Waals surface area contributed by atoms with E-state index in [0.29, 0.717) is 58.2 Å². The van der Waals surface area contributed by atoms with Gasteiger partial charge in [-0.05, 0) is 101 Å². The molecule has 4 aromatic rings. The second-order valence-corrected chi connectivity index (χ2v) is 19.8. The molecule has 68 heavy (non-hydrogen) atoms. The third kappa shape index (κ3) is 11.5. The van der Waals surface area contributed by atoms with Crippen LogP contribution in [0.3, 0.4) is 0 Å². The number of rotatable bonds is 16. The number of hydrogen-bond acceptors (Lipinski definition) is 14. The molecule has 0 fully saturated rings. The van der Waals surface area contributed by atoms with E-state index in [1.165, 1.54) is 23.6 Å². The fourth-order valence-corrected chi connectivity index (χ4v) is 10.9. The normalized spacial score (nSPS) is 20.4. The number of benzene rings is 4. The monoisotopic (exact) mass is 964 g/mol. The molecule has 0 aliphatic carbocycles. The summed E-state index contributed by atoms with van der Waals surface area (Å²) in [6.45, 7) is 11.5. The third-order valence-corrected chi connectivity index (χ3v) is 14.3. The molecule has 0 aromatic heterocycles. The van der Waals surface area contributed by atoms with E-state index in [1.54, 1.807) is 24.3 Å². The maximum Gasteiger partial charge on any atom is 0.332 e. The van der Waals surface area contributed by atoms with Gasteiger partial charge < -0.3 is 38.5 Å². The van der Waals surface area contributed by atoms with Crippen molar-refractivity contribution in [2.75, 3.05) is 64.2 Å². The molecule has 2 aliphatic heterocycles. The van der Waals surface area contributed by atoms with Crippen molar-refractivity contribution in [3.05, 3.63) is 130 Å². The Labute approximate surface area is 407 Å². The topological polar surface area (TPSA) is 152 Å². The predicted octanol–water partition coefficient (Wildman–Crippen LogP) is 7.34. The van der Waals surface area contributed by atoms with Crippen LogP contribution in [-0.2, 0) is 70.4 Å². The lowest BCUT2D eigenvalue weighted by molar-refractivity contribution is -0.174. The summed E-state index contributed by atoms with van der Waals surface area (Å²) in [5, 5.41) is 0. The summed E-state index contributed by atoms with van der Waals surface area (Å²) in [6, 6.07) is 25.4. The molecule has 2 heterocycles. The molecule has 2 aliphatic rings. The van der Waals surface area contributed by atoms with E-state index in [9.17, 15) is 28.8 Å². The van der Waals surface area contributed by atoms with Gasteiger partial charge in [0.25, 0.3) is 11.8 Å². The molecule has 16 heteroatoms. The van der Waals surface area contributed by atoms with Crippen molar-refractivity contribution in [3.63, 3.8) is 0 Å². The van der Waals surface area contributed by atoms with Crippen molar-refractivity contribution in [3.8, 4) is 0 Å². The molecule has 360 valence electrons. The molecular formula is C52H60N4O10S2. The highest BCUT2D eigenvalue weighted by atomic mass is 32.2. The summed E-state index contributed by atoms with van der Waals surface area (Å²) in [7, 11) is 7.51. The maximum atomic E-state index is 15.0. The van der Waals surface area contributed by atoms with Crippen LogP contribution in [0, 0.1) is 13.8 Å². The number of nitrogens with zero attached hydrogens (tertiary/aromatic N) is 4. The van der Waals surface area contributed by atoms with E-state index in [-0.39, 0.29) is 13.1 Å². The lowest BCUT2D eigenvalue weighted by atomic mass is 9.99. The van der Waals surface area contributed by atoms with Crippen LogP contribution in [0.15, 0.2) is 107 Å². The molecule has 0 saturated carbocycles. The Hall–Kier alpha value is -5.94. The van der Waals surface area contributed by atoms with Crippen LogP contribution in [0.5, 0.6) is 0 Å². The molecule has 0 radical (unpaired) electrons. The maximum absolute atomic E-state index is 15.0. The number of carbonyl (C=O) groups excluding carboxylic acids is 6. The molecule has 0 saturated heterocycles. The molecule has 0 bridgehead atoms. The zero-order valence-corrected chi connectivity index (χ0v) is 42.0. The number of ether oxygens (including phenoxy) is 4. The number of aryl methyl sites for hydroxylation is 4. The van der Waals surface area contributed by atoms with Gasteiger partial charge in [0.15, 0.2) is 0 Å². The summed E-state index contributed by atoms with van der Waals surface area (Å²) in [4.78, 5) is 89.0. The summed E-state index contributed by atoms with van der Waals surface area (Å²) < 4.78 is 24.7. The molecule has 4 atom stereocenters. The average molecular weight is 965 g/mol. The van der Waals surface area contributed by atoms with Crippen molar-refractivity contribution in [2.45, 2.75) is 86.2 Å². The highest BCUT2D eigenvalue weighted by molar-refractivity contribution is 8.00. The Morgan fingerprint density at radius 3 is 1.25 bits per heavy atom. The molecule has 2 amide bonds. The lowest BCUT2D eigenvalue weighted by Crippen LogP contribution is -2.53. The van der Waals surface area contributed by atoms with Gasteiger partial charge >= 0.3 is 23.9 Å². The Balaban J connectivity index is 1.47. The fourth-order valence-electron chi connectivity index (χ4n) is 7.92. The number of carbonyl (C=O) groups is 6. The number of anilines is 2. The number of fused-ring (bicyclic) bond motifs is 2. The zero-order chi connectivity index (χ0) is 49.5. The van der Waals surface area contributed by atoms with E-state index in [1.807, 2.05) is 126 Å². The van der Waals surface area contributed by atoms with Crippen molar-refractivity contribution in [1.82, 2.24) is 9.80 Å². The minimum absolute atomic E-state index is 0.222. The minimum Gasteiger partial charge on any atom is -0.447 e. The van der Waals surface area contributed by atoms with Crippen LogP contribution >= 0.6 is 23.5 Å². The van der Waals surface area contributed by atoms with Gasteiger partial charge in [-0.2, -0.15) is 0 Å². The molecule has 0 spiro atoms. The highest BCUT2D eigenvalue weighted by Crippen LogP contribution is 2.54. The van der Waals surface area contributed by atoms with E-state index in [2.05, 4.69) is 0 Å². The smallest absolute Gasteiger partial charge is 0.332 e. The van der Waals surface area contributed by atoms with Crippen molar-refractivity contribution >= 4 is 70.6 Å². The summed E-state index contributed by atoms with van der Waals surface area (Å²) >= 11 is 2.11. The van der Waals surface area contributed by atoms with Gasteiger partial charge in [-0.3, -0.25) is 19.2 Å². The highest BCUT2D eigenvalue weighted by Gasteiger charge is 2.57. The molecular weight excluding hydrogens is 905 g/mol. The third-order valence-electron chi connectivity index (χ3n) is 11.5. The molecule has 6 rings (SSSR count). The zero-order valence-electron chi connectivity index (χ0n) is 40.3. The molecule has 14 nitrogen and oxygen atoms in total. The van der Waals surface area contributed by atoms with Gasteiger partial charge in [-0.1, -0.05) is 98.0 Å². The second kappa shape index (κ2) is 22.0. The quantitative estimate of drug-likeness (QED) is 0.0626. The second-order valence-electron chi connectivity index (χ2n) is 17.3. The largest absolute Gasteiger partial charge is 0.447 e. The average Bonchev–Trinajstić information content (AvgIpc) is 3.44. The first-order chi connectivity index (χ1) is 32.3. The Morgan fingerprint density at radius 1 is 0.588 bits per heavy atom. The van der Waals surface area contributed by atoms with Gasteiger partial charge in [0.1, 0.15) is 0 Å². The van der Waals surface area contributed by atoms with Crippen molar-refractivity contribution in [1.29, 1.82) is 0 Å². The van der Waals surface area contributed by atoms with Crippen molar-refractivity contribution < 1.29 is 47.7 Å². The van der Waals surface area contributed by atoms with Crippen LogP contribution in [0.25, 0.3) is 0 Å². The van der Waals surface area contributed by atoms with Crippen LogP contribution in [-0.4, -0.2) is 112 Å². The van der Waals surface area contributed by atoms with Crippen LogP contribution in [0.4, 0.5) is 11.4 Å². The molecule has 0 N–H and O–H groups in total. The van der Waals surface area contributed by atoms with Gasteiger partial charge in [0.2, 0.25) is 22.1 Å². The standard InChI is InChI=1S/C52H60N4O10S2/c1-11-37-15-19-39(20-16-37)51(47(63-35(5)57)49(61)55(29-27-53(7)8)41-23-13-33(3)31-43(41)67-51)65-45(59)25-26-46(60)66-52(40-21-17-38(12-2)18-22-40)48(64-36(6)58)50(62)56(30-28-54(9)10)42-24-14-34(4)32-44(42)68-52/h13-26,31-32,47-48H,11-12,27-30H2,1-10H3/b26-25-/t47-,48-,51+,52+/m1/s1. The first kappa shape index (κ1) is 51.5. The number of hydrogen-bond donors (Lipinski definition) is 0. The van der Waals surface area contributed by atoms with Crippen LogP contribution < -0.4 is 9.80 Å². The van der Waals surface area contributed by atoms with Gasteiger partial charge in [-0.25, -0.2) is 9.59 Å². The minimum atomic E-state index is -2.01. The first-order valence-electron chi connectivity index (χ1n) is 22.5. The summed E-state index contributed by atoms with van der Waals surface area (Å²) in [6.07, 6.45) is -0.255. The van der Waals surface area contributed by atoms with Crippen LogP contribution in [0.1, 0.15) is 61.1 Å². The number of thioether (sulfide) groups is 2. The fraction of sp³-hybridized carbons (Fsp3) is 0.385. The van der Waals surface area contributed by atoms with Crippen LogP contribution in [0.2, 0.25) is 0 Å². The van der Waals surface area contributed by atoms with Gasteiger partial charge in [0, 0.05) is 73.1 Å². The van der Waals surface area contributed by atoms with E-state index in [4.69, 9.17) is 18.9 Å². The SMILES string of the molecule is CCc1ccc([C@]2(OC(=O)/C=C\C(=O)O[C@@]3(c4ccc(CC)cc4)Sc4cc(C)ccc4N(CCN(C)C)C(=O)[C@H]3OC(C)=O)Sc3cc(C)ccc3N(CCN(C)C)C(=O)[C@H]2OC(C)=O)cc1. The van der Waals surface area contributed by atoms with E-state index in [0.717, 1.165) is 57.9 Å². The molecule has 4 aromatic carbocycles. The first-order valence-corrected chi connectivity index (χ1v) is 24.1. The van der Waals surface area contributed by atoms with E-state index >= 15 is 0 Å². The molecule has 0 unspecified atom stereocenters. The van der Waals surface area contributed by atoms with Gasteiger partial charge in [0.05, 0.1) is 11.4 Å². The number of esters is 4. The number of likely N-dealkylation sites (N-methyl/N-ethyl adjacent to an activating group) is 2. The summed E-state index contributed by atoms with van der Waals surface area (Å²) in [5.74, 6) is -4.95. The van der Waals surface area contributed by atoms with E-state index < -0.39 is 57.8 Å². The Bertz CT molecular complexity index is 2390. The van der Waals surface area contributed by atoms with Gasteiger partial charge in [-0.15, -0.1) is 0 Å². The Kier molecular flexibility index (Phi) is 16.6. The predicted molar refractivity (Wildman–Crippen MR) is 263 cm³/mol. The Morgan fingerprint density at radius 2 is 0.941 bits per heavy atom. The number of amides is 2. The summed E-state index contributed by atoms with van der Waals surface area (Å²) in [5.41, 5.74) is 5.45. The lowest BCUT2D eigenvalue weighted by Gasteiger charge is -2.37.